The summed E-state index contributed by atoms with van der Waals surface area (Å²) >= 11 is 0. The molecular weight excluding hydrogens is 402 g/mol. The van der Waals surface area contributed by atoms with Gasteiger partial charge in [0, 0.05) is 0 Å². The predicted octanol–water partition coefficient (Wildman–Crippen LogP) is -0.396. The van der Waals surface area contributed by atoms with Gasteiger partial charge >= 0.3 is 26.2 Å². The zero-order valence-corrected chi connectivity index (χ0v) is 18.9. The maximum atomic E-state index is 3.16. The number of aryl methyl sites for hydroxylation is 2. The average Bonchev–Trinajstić information content (AvgIpc) is 2.92. The van der Waals surface area contributed by atoms with Gasteiger partial charge in [0.15, 0.2) is 0 Å². The first-order chi connectivity index (χ1) is 8.59. The van der Waals surface area contributed by atoms with Gasteiger partial charge in [0.05, 0.1) is 0 Å². The number of hydrogen-bond donors (Lipinski definition) is 0. The molecule has 0 heterocycles. The topological polar surface area (TPSA) is 0 Å². The first-order valence-electron chi connectivity index (χ1n) is 6.44. The van der Waals surface area contributed by atoms with Crippen LogP contribution < -0.4 is 24.8 Å². The van der Waals surface area contributed by atoms with Crippen LogP contribution in [0.2, 0.25) is 0 Å². The Morgan fingerprint density at radius 3 is 1.74 bits per heavy atom. The van der Waals surface area contributed by atoms with Gasteiger partial charge in [-0.05, 0) is 0 Å². The summed E-state index contributed by atoms with van der Waals surface area (Å²) in [4.78, 5) is 0. The van der Waals surface area contributed by atoms with Crippen LogP contribution in [0.4, 0.5) is 0 Å². The van der Waals surface area contributed by atoms with Crippen LogP contribution in [0.1, 0.15) is 33.4 Å². The number of allylic oxidation sites excluding steroid dienone is 1. The van der Waals surface area contributed by atoms with E-state index in [0.29, 0.717) is 0 Å². The molecule has 2 aromatic rings. The minimum absolute atomic E-state index is 0. The Kier molecular flexibility index (Phi) is 18.8. The summed E-state index contributed by atoms with van der Waals surface area (Å²) < 4.78 is 0. The molecule has 0 amide bonds. The molecule has 0 atom stereocenters. The van der Waals surface area contributed by atoms with Crippen LogP contribution in [0.3, 0.4) is 0 Å². The van der Waals surface area contributed by atoms with Crippen LogP contribution in [0.5, 0.6) is 0 Å². The summed E-state index contributed by atoms with van der Waals surface area (Å²) in [5, 5.41) is 0. The van der Waals surface area contributed by atoms with Gasteiger partial charge in [-0.1, -0.05) is 45.9 Å². The smallest absolute Gasteiger partial charge is 1.00 e. The Balaban J connectivity index is -0.000000129. The van der Waals surface area contributed by atoms with E-state index in [2.05, 4.69) is 70.2 Å². The average molecular weight is 429 g/mol. The van der Waals surface area contributed by atoms with E-state index in [-0.39, 0.29) is 65.9 Å². The third kappa shape index (κ3) is 7.93. The first-order valence-corrected chi connectivity index (χ1v) is 6.44. The van der Waals surface area contributed by atoms with Crippen molar-refractivity contribution in [2.75, 3.05) is 0 Å². The zero-order valence-electron chi connectivity index (χ0n) is 14.9. The number of benzene rings is 1. The summed E-state index contributed by atoms with van der Waals surface area (Å²) in [6, 6.07) is 10.6. The molecular formula is C20H26Cl2Zr-2. The van der Waals surface area contributed by atoms with Crippen molar-refractivity contribution in [1.82, 2.24) is 0 Å². The minimum atomic E-state index is 0. The van der Waals surface area contributed by atoms with Crippen molar-refractivity contribution in [2.45, 2.75) is 34.1 Å². The molecule has 0 saturated heterocycles. The van der Waals surface area contributed by atoms with Gasteiger partial charge in [0.25, 0.3) is 0 Å². The molecule has 0 unspecified atom stereocenters. The number of halogens is 2. The van der Waals surface area contributed by atoms with Crippen LogP contribution in [0.15, 0.2) is 30.3 Å². The van der Waals surface area contributed by atoms with Crippen molar-refractivity contribution in [3.05, 3.63) is 84.6 Å². The van der Waals surface area contributed by atoms with E-state index < -0.39 is 0 Å². The first kappa shape index (κ1) is 30.6. The Morgan fingerprint density at radius 2 is 1.35 bits per heavy atom. The molecule has 0 radical (unpaired) electrons. The fourth-order valence-electron chi connectivity index (χ4n) is 2.24. The molecule has 126 valence electrons. The summed E-state index contributed by atoms with van der Waals surface area (Å²) in [6.45, 7) is 8.68. The minimum Gasteiger partial charge on any atom is -1.00 e. The van der Waals surface area contributed by atoms with Crippen molar-refractivity contribution in [1.29, 1.82) is 0 Å². The molecule has 1 aliphatic rings. The molecule has 3 rings (SSSR count). The maximum absolute atomic E-state index is 3.16. The zero-order chi connectivity index (χ0) is 13.1. The van der Waals surface area contributed by atoms with Gasteiger partial charge in [-0.3, -0.25) is 6.08 Å². The van der Waals surface area contributed by atoms with Crippen LogP contribution in [-0.4, -0.2) is 0 Å². The fourth-order valence-corrected chi connectivity index (χ4v) is 2.24. The van der Waals surface area contributed by atoms with Crippen molar-refractivity contribution >= 4 is 6.08 Å². The molecule has 0 saturated carbocycles. The Hall–Kier alpha value is -0.227. The number of hydrogen-bond acceptors (Lipinski definition) is 0. The Labute approximate surface area is 175 Å². The summed E-state index contributed by atoms with van der Waals surface area (Å²) in [7, 11) is 0. The molecule has 0 aliphatic heterocycles. The van der Waals surface area contributed by atoms with Gasteiger partial charge in [0.1, 0.15) is 0 Å². The van der Waals surface area contributed by atoms with Gasteiger partial charge in [0.2, 0.25) is 0 Å². The maximum Gasteiger partial charge on any atom is 4.00 e. The monoisotopic (exact) mass is 426 g/mol. The predicted molar refractivity (Wildman–Crippen MR) is 91.7 cm³/mol. The van der Waals surface area contributed by atoms with Crippen molar-refractivity contribution in [3.63, 3.8) is 0 Å². The van der Waals surface area contributed by atoms with Gasteiger partial charge in [-0.2, -0.15) is 33.9 Å². The van der Waals surface area contributed by atoms with Crippen molar-refractivity contribution in [3.8, 4) is 0 Å². The van der Waals surface area contributed by atoms with E-state index in [4.69, 9.17) is 0 Å². The Bertz CT molecular complexity index is 561. The second kappa shape index (κ2) is 14.1. The van der Waals surface area contributed by atoms with E-state index in [9.17, 15) is 0 Å². The summed E-state index contributed by atoms with van der Waals surface area (Å²) in [6.07, 6.45) is 6.21. The molecule has 2 aromatic carbocycles. The molecule has 3 heteroatoms. The van der Waals surface area contributed by atoms with Crippen LogP contribution in [0, 0.1) is 48.6 Å². The fraction of sp³-hybridized carbons (Fsp3) is 0.250. The third-order valence-electron chi connectivity index (χ3n) is 3.78. The Morgan fingerprint density at radius 1 is 0.870 bits per heavy atom. The second-order valence-corrected chi connectivity index (χ2v) is 4.98. The van der Waals surface area contributed by atoms with E-state index in [0.717, 1.165) is 6.42 Å². The van der Waals surface area contributed by atoms with E-state index in [1.807, 2.05) is 0 Å². The van der Waals surface area contributed by atoms with Gasteiger partial charge < -0.3 is 39.7 Å². The summed E-state index contributed by atoms with van der Waals surface area (Å²) in [5.74, 6) is 0. The molecule has 0 spiro atoms. The molecule has 1 aliphatic carbocycles. The largest absolute Gasteiger partial charge is 4.00 e. The molecule has 0 nitrogen and oxygen atoms in total. The van der Waals surface area contributed by atoms with Gasteiger partial charge in [-0.15, -0.1) is 18.1 Å². The SMILES string of the molecule is Cc1[cH-]c(C)c(C)c1C.[C-]1=Cc2ccccc2C1.[CH3-].[CH3-].[Cl-].[Cl-].[Zr+4]. The molecule has 23 heavy (non-hydrogen) atoms. The van der Waals surface area contributed by atoms with Gasteiger partial charge in [-0.25, -0.2) is 6.08 Å². The van der Waals surface area contributed by atoms with E-state index >= 15 is 0 Å². The number of rotatable bonds is 0. The quantitative estimate of drug-likeness (QED) is 0.502. The molecule has 0 aromatic heterocycles. The third-order valence-corrected chi connectivity index (χ3v) is 3.78. The second-order valence-electron chi connectivity index (χ2n) is 4.98. The number of fused-ring (bicyclic) bond motifs is 1. The standard InChI is InChI=1S/C9H7.C9H13.2CH3.2ClH.Zr/c1-2-5-9-7-3-6-8(9)4-1;1-6-5-7(2)9(4)8(6)3;;;;;/h1-2,4-6H,7H2;5H,1-4H3;2*1H3;2*1H;/q4*-1;;;+4/p-2. The van der Waals surface area contributed by atoms with Crippen LogP contribution >= 0.6 is 0 Å². The molecule has 0 fully saturated rings. The van der Waals surface area contributed by atoms with Crippen LogP contribution in [0.25, 0.3) is 6.08 Å². The van der Waals surface area contributed by atoms with Crippen molar-refractivity contribution in [2.24, 2.45) is 0 Å². The van der Waals surface area contributed by atoms with Crippen LogP contribution in [-0.2, 0) is 32.6 Å². The van der Waals surface area contributed by atoms with E-state index in [1.54, 1.807) is 0 Å². The molecule has 0 N–H and O–H groups in total. The van der Waals surface area contributed by atoms with E-state index in [1.165, 1.54) is 33.4 Å². The summed E-state index contributed by atoms with van der Waals surface area (Å²) in [5.41, 5.74) is 8.48. The molecule has 0 bridgehead atoms. The van der Waals surface area contributed by atoms with Crippen molar-refractivity contribution < 1.29 is 51.0 Å². The normalized spacial score (nSPS) is 9.39.